The monoisotopic (exact) mass is 528 g/mol. The van der Waals surface area contributed by atoms with E-state index in [0.717, 1.165) is 5.56 Å². The molecule has 1 aliphatic heterocycles. The van der Waals surface area contributed by atoms with E-state index in [4.69, 9.17) is 11.6 Å². The first-order valence-corrected chi connectivity index (χ1v) is 13.4. The number of nitrogens with zero attached hydrogens (tertiary/aromatic N) is 4. The maximum absolute atomic E-state index is 13.4. The Bertz CT molecular complexity index is 1420. The van der Waals surface area contributed by atoms with Crippen molar-refractivity contribution in [2.45, 2.75) is 30.6 Å². The van der Waals surface area contributed by atoms with Gasteiger partial charge in [0.1, 0.15) is 16.3 Å². The number of fused-ring (bicyclic) bond motifs is 1. The van der Waals surface area contributed by atoms with Gasteiger partial charge >= 0.3 is 0 Å². The number of rotatable bonds is 8. The summed E-state index contributed by atoms with van der Waals surface area (Å²) in [5, 5.41) is 7.77. The highest BCUT2D eigenvalue weighted by molar-refractivity contribution is 7.94. The van der Waals surface area contributed by atoms with E-state index < -0.39 is 14.8 Å². The zero-order valence-corrected chi connectivity index (χ0v) is 21.1. The Morgan fingerprint density at radius 3 is 2.58 bits per heavy atom. The van der Waals surface area contributed by atoms with Crippen LogP contribution in [0.4, 0.5) is 5.82 Å². The number of carbonyl (C=O) groups excluding carboxylic acids is 2. The quantitative estimate of drug-likeness (QED) is 0.462. The van der Waals surface area contributed by atoms with Gasteiger partial charge in [-0.1, -0.05) is 29.8 Å². The Labute approximate surface area is 213 Å². The molecule has 0 unspecified atom stereocenters. The summed E-state index contributed by atoms with van der Waals surface area (Å²) in [7, 11) is -2.14. The second-order valence-electron chi connectivity index (χ2n) is 9.09. The van der Waals surface area contributed by atoms with Gasteiger partial charge in [0.25, 0.3) is 11.8 Å². The summed E-state index contributed by atoms with van der Waals surface area (Å²) in [5.74, 6) is -0.455. The van der Waals surface area contributed by atoms with Crippen molar-refractivity contribution in [1.82, 2.24) is 25.0 Å². The van der Waals surface area contributed by atoms with Crippen molar-refractivity contribution < 1.29 is 18.0 Å². The van der Waals surface area contributed by atoms with Gasteiger partial charge in [-0.15, -0.1) is 0 Å². The van der Waals surface area contributed by atoms with Crippen molar-refractivity contribution in [3.8, 4) is 0 Å². The van der Waals surface area contributed by atoms with E-state index in [1.807, 2.05) is 12.1 Å². The zero-order valence-electron chi connectivity index (χ0n) is 19.6. The third kappa shape index (κ3) is 4.56. The van der Waals surface area contributed by atoms with Gasteiger partial charge in [-0.2, -0.15) is 5.10 Å². The fraction of sp³-hybridized carbons (Fsp3) is 0.333. The van der Waals surface area contributed by atoms with Crippen LogP contribution in [-0.4, -0.2) is 57.7 Å². The van der Waals surface area contributed by atoms with Gasteiger partial charge in [0.05, 0.1) is 0 Å². The lowest BCUT2D eigenvalue weighted by molar-refractivity contribution is 0.0724. The molecule has 1 aliphatic carbocycles. The maximum atomic E-state index is 13.4. The predicted molar refractivity (Wildman–Crippen MR) is 134 cm³/mol. The van der Waals surface area contributed by atoms with E-state index in [0.29, 0.717) is 48.6 Å². The van der Waals surface area contributed by atoms with Crippen LogP contribution < -0.4 is 10.0 Å². The van der Waals surface area contributed by atoms with Gasteiger partial charge in [-0.3, -0.25) is 19.0 Å². The minimum atomic E-state index is -3.76. The summed E-state index contributed by atoms with van der Waals surface area (Å²) in [5.41, 5.74) is 1.98. The second kappa shape index (κ2) is 9.21. The third-order valence-electron chi connectivity index (χ3n) is 6.61. The van der Waals surface area contributed by atoms with Crippen LogP contribution >= 0.6 is 11.6 Å². The minimum absolute atomic E-state index is 0.0662. The minimum Gasteiger partial charge on any atom is -0.347 e. The molecule has 5 rings (SSSR count). The lowest BCUT2D eigenvalue weighted by Crippen LogP contribution is -2.47. The molecular weight excluding hydrogens is 504 g/mol. The topological polar surface area (TPSA) is 126 Å². The molecule has 0 bridgehead atoms. The summed E-state index contributed by atoms with van der Waals surface area (Å²) in [6.07, 6.45) is 2.83. The van der Waals surface area contributed by atoms with Crippen molar-refractivity contribution in [2.75, 3.05) is 17.8 Å². The van der Waals surface area contributed by atoms with E-state index in [1.54, 1.807) is 42.3 Å². The number of nitrogens with one attached hydrogen (secondary N) is 2. The summed E-state index contributed by atoms with van der Waals surface area (Å²) in [4.78, 5) is 31.8. The summed E-state index contributed by atoms with van der Waals surface area (Å²) < 4.78 is 29.1. The number of hydrogen-bond donors (Lipinski definition) is 2. The molecule has 1 saturated carbocycles. The fourth-order valence-electron chi connectivity index (χ4n) is 4.44. The summed E-state index contributed by atoms with van der Waals surface area (Å²) in [6.45, 7) is 0.664. The van der Waals surface area contributed by atoms with Crippen LogP contribution in [0.15, 0.2) is 48.7 Å². The number of aromatic nitrogens is 3. The highest BCUT2D eigenvalue weighted by Crippen LogP contribution is 2.45. The van der Waals surface area contributed by atoms with E-state index >= 15 is 0 Å². The molecule has 2 N–H and O–H groups in total. The van der Waals surface area contributed by atoms with Crippen molar-refractivity contribution in [1.29, 1.82) is 0 Å². The van der Waals surface area contributed by atoms with Gasteiger partial charge in [-0.25, -0.2) is 13.4 Å². The van der Waals surface area contributed by atoms with Crippen molar-refractivity contribution in [2.24, 2.45) is 7.05 Å². The summed E-state index contributed by atoms with van der Waals surface area (Å²) in [6, 6.07) is 12.1. The zero-order chi connectivity index (χ0) is 25.5. The van der Waals surface area contributed by atoms with Crippen LogP contribution in [0.1, 0.15) is 44.9 Å². The maximum Gasteiger partial charge on any atom is 0.272 e. The smallest absolute Gasteiger partial charge is 0.272 e. The van der Waals surface area contributed by atoms with Crippen LogP contribution in [0.3, 0.4) is 0 Å². The number of sulfonamides is 1. The largest absolute Gasteiger partial charge is 0.347 e. The van der Waals surface area contributed by atoms with Crippen molar-refractivity contribution in [3.63, 3.8) is 0 Å². The average molecular weight is 529 g/mol. The first kappa shape index (κ1) is 24.3. The predicted octanol–water partition coefficient (Wildman–Crippen LogP) is 2.37. The van der Waals surface area contributed by atoms with E-state index in [9.17, 15) is 18.0 Å². The molecule has 2 aliphatic rings. The van der Waals surface area contributed by atoms with Crippen LogP contribution in [0.2, 0.25) is 5.02 Å². The highest BCUT2D eigenvalue weighted by Gasteiger charge is 2.56. The van der Waals surface area contributed by atoms with Crippen LogP contribution in [0.25, 0.3) is 0 Å². The molecular formula is C24H25ClN6O4S. The Kier molecular flexibility index (Phi) is 6.21. The van der Waals surface area contributed by atoms with Gasteiger partial charge in [0, 0.05) is 43.5 Å². The Morgan fingerprint density at radius 1 is 1.17 bits per heavy atom. The SMILES string of the molecule is Cn1nc(C(=O)NCc2ccc(Cl)cc2)c2c1C(=O)N(CC1(S(=O)(=O)Nc3ccccn3)CC1)CC2. The van der Waals surface area contributed by atoms with E-state index in [-0.39, 0.29) is 29.9 Å². The molecule has 0 atom stereocenters. The lowest BCUT2D eigenvalue weighted by atomic mass is 10.0. The third-order valence-corrected chi connectivity index (χ3v) is 9.02. The number of anilines is 1. The number of amides is 2. The second-order valence-corrected chi connectivity index (χ2v) is 11.6. The Balaban J connectivity index is 1.29. The van der Waals surface area contributed by atoms with Crippen LogP contribution in [0.5, 0.6) is 0 Å². The number of carbonyl (C=O) groups is 2. The van der Waals surface area contributed by atoms with Crippen LogP contribution in [-0.2, 0) is 30.0 Å². The number of pyridine rings is 1. The number of hydrogen-bond acceptors (Lipinski definition) is 6. The standard InChI is InChI=1S/C24H25ClN6O4S/c1-30-21-18(20(28-30)22(32)27-14-16-5-7-17(25)8-6-16)9-13-31(23(21)33)15-24(10-11-24)36(34,35)29-19-4-2-3-12-26-19/h2-8,12H,9-11,13-15H2,1H3,(H,26,29)(H,27,32). The Hall–Kier alpha value is -3.44. The Morgan fingerprint density at radius 2 is 1.92 bits per heavy atom. The highest BCUT2D eigenvalue weighted by atomic mass is 35.5. The average Bonchev–Trinajstić information content (AvgIpc) is 3.57. The molecule has 3 aromatic rings. The first-order valence-electron chi connectivity index (χ1n) is 11.5. The van der Waals surface area contributed by atoms with Gasteiger partial charge in [0.15, 0.2) is 5.69 Å². The number of benzene rings is 1. The number of halogens is 1. The molecule has 2 aromatic heterocycles. The first-order chi connectivity index (χ1) is 17.2. The fourth-order valence-corrected chi connectivity index (χ4v) is 6.14. The van der Waals surface area contributed by atoms with E-state index in [2.05, 4.69) is 20.1 Å². The van der Waals surface area contributed by atoms with Gasteiger partial charge in [-0.05, 0) is 49.1 Å². The molecule has 1 fully saturated rings. The molecule has 10 nitrogen and oxygen atoms in total. The van der Waals surface area contributed by atoms with Crippen molar-refractivity contribution in [3.05, 3.63) is 76.2 Å². The van der Waals surface area contributed by atoms with Crippen molar-refractivity contribution >= 4 is 39.3 Å². The summed E-state index contributed by atoms with van der Waals surface area (Å²) >= 11 is 5.91. The normalized spacial score (nSPS) is 16.4. The molecule has 12 heteroatoms. The van der Waals surface area contributed by atoms with Gasteiger partial charge in [0.2, 0.25) is 10.0 Å². The van der Waals surface area contributed by atoms with Gasteiger partial charge < -0.3 is 10.2 Å². The molecule has 36 heavy (non-hydrogen) atoms. The molecule has 0 radical (unpaired) electrons. The van der Waals surface area contributed by atoms with Crippen LogP contribution in [0, 0.1) is 0 Å². The van der Waals surface area contributed by atoms with E-state index in [1.165, 1.54) is 10.9 Å². The number of aryl methyl sites for hydroxylation is 1. The lowest BCUT2D eigenvalue weighted by Gasteiger charge is -2.31. The molecule has 0 spiro atoms. The molecule has 1 aromatic carbocycles. The molecule has 188 valence electrons. The molecule has 3 heterocycles. The molecule has 0 saturated heterocycles. The molecule has 2 amide bonds.